The molecule has 0 aliphatic carbocycles. The van der Waals surface area contributed by atoms with Crippen LogP contribution in [0.15, 0.2) is 66.7 Å². The molecule has 0 N–H and O–H groups in total. The third-order valence-electron chi connectivity index (χ3n) is 5.96. The number of fused-ring (bicyclic) bond motifs is 1. The van der Waals surface area contributed by atoms with Crippen molar-refractivity contribution in [2.24, 2.45) is 11.8 Å². The summed E-state index contributed by atoms with van der Waals surface area (Å²) in [6.45, 7) is 0.897. The van der Waals surface area contributed by atoms with Gasteiger partial charge < -0.3 is 14.4 Å². The summed E-state index contributed by atoms with van der Waals surface area (Å²) in [7, 11) is 0. The Morgan fingerprint density at radius 1 is 1.14 bits per heavy atom. The van der Waals surface area contributed by atoms with Gasteiger partial charge >= 0.3 is 5.97 Å². The van der Waals surface area contributed by atoms with Crippen LogP contribution in [0.2, 0.25) is 0 Å². The number of hydrogen-bond acceptors (Lipinski definition) is 4. The quantitative estimate of drug-likeness (QED) is 0.579. The molecule has 0 aromatic heterocycles. The van der Waals surface area contributed by atoms with E-state index in [1.165, 1.54) is 12.1 Å². The van der Waals surface area contributed by atoms with E-state index in [1.54, 1.807) is 17.0 Å². The number of nitrogens with zero attached hydrogens (tertiary/aromatic N) is 1. The van der Waals surface area contributed by atoms with Crippen LogP contribution in [-0.4, -0.2) is 35.0 Å². The molecule has 6 heteroatoms. The predicted molar refractivity (Wildman–Crippen MR) is 102 cm³/mol. The number of rotatable bonds is 5. The first-order valence-electron chi connectivity index (χ1n) is 9.67. The van der Waals surface area contributed by atoms with Crippen LogP contribution in [0.1, 0.15) is 11.1 Å². The van der Waals surface area contributed by atoms with Crippen LogP contribution in [0.3, 0.4) is 0 Å². The van der Waals surface area contributed by atoms with Gasteiger partial charge in [-0.25, -0.2) is 4.39 Å². The van der Waals surface area contributed by atoms with Gasteiger partial charge in [0.05, 0.1) is 18.6 Å². The first-order valence-corrected chi connectivity index (χ1v) is 9.67. The highest BCUT2D eigenvalue weighted by Crippen LogP contribution is 2.52. The van der Waals surface area contributed by atoms with E-state index < -0.39 is 29.5 Å². The molecule has 1 amide bonds. The molecule has 2 fully saturated rings. The number of halogens is 1. The number of amides is 1. The van der Waals surface area contributed by atoms with Crippen molar-refractivity contribution < 1.29 is 23.5 Å². The van der Waals surface area contributed by atoms with Crippen LogP contribution in [0, 0.1) is 17.7 Å². The van der Waals surface area contributed by atoms with Crippen LogP contribution in [0.25, 0.3) is 0 Å². The standard InChI is InChI=1S/C23H20FNO4/c24-17-8-6-15(7-9-17)12-25-14-23-11-10-18(29-23)19(20(23)21(25)26)22(27)28-13-16-4-2-1-3-5-16/h1-11,18-20H,12-14H2/t18-,19+,20+,23-/m1/s1. The number of carbonyl (C=O) groups is 2. The van der Waals surface area contributed by atoms with Gasteiger partial charge in [0.15, 0.2) is 0 Å². The first kappa shape index (κ1) is 18.1. The van der Waals surface area contributed by atoms with Gasteiger partial charge in [-0.05, 0) is 23.3 Å². The van der Waals surface area contributed by atoms with Crippen molar-refractivity contribution in [1.82, 2.24) is 4.90 Å². The summed E-state index contributed by atoms with van der Waals surface area (Å²) in [5.74, 6) is -2.08. The lowest BCUT2D eigenvalue weighted by Crippen LogP contribution is -2.39. The summed E-state index contributed by atoms with van der Waals surface area (Å²) in [5, 5.41) is 0. The first-order chi connectivity index (χ1) is 14.1. The molecular weight excluding hydrogens is 373 g/mol. The molecule has 2 saturated heterocycles. The number of likely N-dealkylation sites (tertiary alicyclic amines) is 1. The zero-order chi connectivity index (χ0) is 20.0. The van der Waals surface area contributed by atoms with Crippen LogP contribution < -0.4 is 0 Å². The Hall–Kier alpha value is -2.99. The van der Waals surface area contributed by atoms with Gasteiger partial charge in [-0.15, -0.1) is 0 Å². The monoisotopic (exact) mass is 393 g/mol. The predicted octanol–water partition coefficient (Wildman–Crippen LogP) is 2.85. The average Bonchev–Trinajstić information content (AvgIpc) is 3.37. The third kappa shape index (κ3) is 3.04. The lowest BCUT2D eigenvalue weighted by molar-refractivity contribution is -0.155. The van der Waals surface area contributed by atoms with Crippen molar-refractivity contribution in [2.45, 2.75) is 24.9 Å². The van der Waals surface area contributed by atoms with E-state index in [4.69, 9.17) is 9.47 Å². The van der Waals surface area contributed by atoms with Crippen molar-refractivity contribution in [1.29, 1.82) is 0 Å². The molecule has 4 atom stereocenters. The Bertz CT molecular complexity index is 974. The largest absolute Gasteiger partial charge is 0.460 e. The Labute approximate surface area is 167 Å². The minimum Gasteiger partial charge on any atom is -0.460 e. The number of esters is 1. The maximum Gasteiger partial charge on any atom is 0.313 e. The minimum atomic E-state index is -0.780. The van der Waals surface area contributed by atoms with Gasteiger partial charge in [-0.3, -0.25) is 9.59 Å². The van der Waals surface area contributed by atoms with Crippen molar-refractivity contribution in [3.63, 3.8) is 0 Å². The Morgan fingerprint density at radius 2 is 1.90 bits per heavy atom. The highest BCUT2D eigenvalue weighted by atomic mass is 19.1. The van der Waals surface area contributed by atoms with Crippen molar-refractivity contribution in [3.05, 3.63) is 83.7 Å². The molecule has 0 unspecified atom stereocenters. The van der Waals surface area contributed by atoms with Crippen LogP contribution in [-0.2, 0) is 32.2 Å². The molecule has 2 bridgehead atoms. The molecule has 2 aromatic rings. The van der Waals surface area contributed by atoms with Gasteiger partial charge in [0.2, 0.25) is 5.91 Å². The summed E-state index contributed by atoms with van der Waals surface area (Å²) in [6, 6.07) is 15.5. The second kappa shape index (κ2) is 6.81. The molecular formula is C23H20FNO4. The summed E-state index contributed by atoms with van der Waals surface area (Å²) in [5.41, 5.74) is 0.946. The molecule has 3 aliphatic heterocycles. The van der Waals surface area contributed by atoms with E-state index in [2.05, 4.69) is 0 Å². The normalized spacial score (nSPS) is 29.3. The second-order valence-electron chi connectivity index (χ2n) is 7.81. The molecule has 5 rings (SSSR count). The fraction of sp³-hybridized carbons (Fsp3) is 0.304. The summed E-state index contributed by atoms with van der Waals surface area (Å²) < 4.78 is 24.8. The Balaban J connectivity index is 1.32. The van der Waals surface area contributed by atoms with Gasteiger partial charge in [-0.1, -0.05) is 54.6 Å². The molecule has 29 heavy (non-hydrogen) atoms. The molecule has 148 valence electrons. The van der Waals surface area contributed by atoms with E-state index in [1.807, 2.05) is 42.5 Å². The van der Waals surface area contributed by atoms with E-state index in [0.717, 1.165) is 11.1 Å². The van der Waals surface area contributed by atoms with Gasteiger partial charge in [0.25, 0.3) is 0 Å². The Kier molecular flexibility index (Phi) is 4.24. The molecule has 5 nitrogen and oxygen atoms in total. The zero-order valence-corrected chi connectivity index (χ0v) is 15.7. The third-order valence-corrected chi connectivity index (χ3v) is 5.96. The summed E-state index contributed by atoms with van der Waals surface area (Å²) >= 11 is 0. The number of benzene rings is 2. The average molecular weight is 393 g/mol. The van der Waals surface area contributed by atoms with Gasteiger partial charge in [0.1, 0.15) is 23.9 Å². The van der Waals surface area contributed by atoms with E-state index in [0.29, 0.717) is 13.1 Å². The molecule has 1 spiro atoms. The molecule has 2 aromatic carbocycles. The lowest BCUT2D eigenvalue weighted by atomic mass is 9.77. The minimum absolute atomic E-state index is 0.122. The second-order valence-corrected chi connectivity index (χ2v) is 7.81. The van der Waals surface area contributed by atoms with E-state index in [-0.39, 0.29) is 18.3 Å². The molecule has 0 radical (unpaired) electrons. The van der Waals surface area contributed by atoms with Gasteiger partial charge in [-0.2, -0.15) is 0 Å². The SMILES string of the molecule is O=C(OCc1ccccc1)[C@@H]1[C@H]2C(=O)N(Cc3ccc(F)cc3)C[C@]23C=C[C@H]1O3. The van der Waals surface area contributed by atoms with Crippen molar-refractivity contribution in [3.8, 4) is 0 Å². The van der Waals surface area contributed by atoms with Crippen molar-refractivity contribution >= 4 is 11.9 Å². The highest BCUT2D eigenvalue weighted by Gasteiger charge is 2.67. The molecule has 3 aliphatic rings. The maximum absolute atomic E-state index is 13.2. The maximum atomic E-state index is 13.2. The van der Waals surface area contributed by atoms with Crippen LogP contribution >= 0.6 is 0 Å². The molecule has 0 saturated carbocycles. The van der Waals surface area contributed by atoms with Crippen LogP contribution in [0.5, 0.6) is 0 Å². The van der Waals surface area contributed by atoms with E-state index in [9.17, 15) is 14.0 Å². The van der Waals surface area contributed by atoms with Crippen LogP contribution in [0.4, 0.5) is 4.39 Å². The highest BCUT2D eigenvalue weighted by molar-refractivity contribution is 5.91. The fourth-order valence-corrected chi connectivity index (χ4v) is 4.62. The van der Waals surface area contributed by atoms with Crippen molar-refractivity contribution in [2.75, 3.05) is 6.54 Å². The smallest absolute Gasteiger partial charge is 0.313 e. The summed E-state index contributed by atoms with van der Waals surface area (Å²) in [6.07, 6.45) is 3.34. The topological polar surface area (TPSA) is 55.8 Å². The number of ether oxygens (including phenoxy) is 2. The molecule has 3 heterocycles. The van der Waals surface area contributed by atoms with E-state index >= 15 is 0 Å². The Morgan fingerprint density at radius 3 is 2.66 bits per heavy atom. The fourth-order valence-electron chi connectivity index (χ4n) is 4.62. The summed E-state index contributed by atoms with van der Waals surface area (Å²) in [4.78, 5) is 27.7. The zero-order valence-electron chi connectivity index (χ0n) is 15.7. The number of hydrogen-bond donors (Lipinski definition) is 0. The lowest BCUT2D eigenvalue weighted by Gasteiger charge is -2.22. The van der Waals surface area contributed by atoms with Gasteiger partial charge in [0, 0.05) is 6.54 Å². The number of carbonyl (C=O) groups excluding carboxylic acids is 2.